The second-order valence-corrected chi connectivity index (χ2v) is 9.12. The van der Waals surface area contributed by atoms with Gasteiger partial charge in [-0.05, 0) is 66.3 Å². The maximum absolute atomic E-state index is 12.7. The van der Waals surface area contributed by atoms with Crippen LogP contribution in [0, 0.1) is 0 Å². The number of methoxy groups -OCH3 is 1. The quantitative estimate of drug-likeness (QED) is 0.580. The van der Waals surface area contributed by atoms with Crippen molar-refractivity contribution in [2.24, 2.45) is 0 Å². The van der Waals surface area contributed by atoms with Crippen molar-refractivity contribution < 1.29 is 14.3 Å². The molecule has 1 aromatic carbocycles. The van der Waals surface area contributed by atoms with E-state index < -0.39 is 0 Å². The molecule has 30 heavy (non-hydrogen) atoms. The smallest absolute Gasteiger partial charge is 0.306 e. The lowest BCUT2D eigenvalue weighted by molar-refractivity contribution is -0.140. The van der Waals surface area contributed by atoms with Gasteiger partial charge in [-0.1, -0.05) is 12.1 Å². The minimum absolute atomic E-state index is 0.119. The number of aromatic amines is 2. The second-order valence-electron chi connectivity index (χ2n) is 8.34. The van der Waals surface area contributed by atoms with E-state index in [1.54, 1.807) is 11.3 Å². The third-order valence-corrected chi connectivity index (χ3v) is 6.38. The first kappa shape index (κ1) is 20.5. The number of aryl methyl sites for hydroxylation is 1. The molecule has 0 bridgehead atoms. The topological polar surface area (TPSA) is 84.2 Å². The number of hydrogen-bond donors (Lipinski definition) is 2. The number of rotatable bonds is 6. The summed E-state index contributed by atoms with van der Waals surface area (Å²) in [6.07, 6.45) is 2.61. The van der Waals surface area contributed by atoms with Crippen LogP contribution in [0.5, 0.6) is 5.75 Å². The zero-order valence-electron chi connectivity index (χ0n) is 17.4. The Balaban J connectivity index is 1.65. The highest BCUT2D eigenvalue weighted by Crippen LogP contribution is 2.35. The molecule has 158 valence electrons. The number of esters is 1. The first-order valence-corrected chi connectivity index (χ1v) is 11.0. The van der Waals surface area contributed by atoms with Crippen molar-refractivity contribution in [1.82, 2.24) is 10.2 Å². The molecule has 4 rings (SSSR count). The fraction of sp³-hybridized carbons (Fsp3) is 0.391. The van der Waals surface area contributed by atoms with E-state index in [0.717, 1.165) is 35.4 Å². The van der Waals surface area contributed by atoms with Crippen molar-refractivity contribution >= 4 is 17.3 Å². The number of carbonyl (C=O) groups excluding carboxylic acids is 1. The molecule has 6 nitrogen and oxygen atoms in total. The summed E-state index contributed by atoms with van der Waals surface area (Å²) in [4.78, 5) is 24.7. The minimum Gasteiger partial charge on any atom is -0.488 e. The summed E-state index contributed by atoms with van der Waals surface area (Å²) in [7, 11) is 1.37. The lowest BCUT2D eigenvalue weighted by Gasteiger charge is -2.32. The molecule has 0 spiro atoms. The van der Waals surface area contributed by atoms with Crippen molar-refractivity contribution in [3.8, 4) is 5.75 Å². The Bertz CT molecular complexity index is 1090. The van der Waals surface area contributed by atoms with Crippen LogP contribution in [-0.2, 0) is 22.4 Å². The Morgan fingerprint density at radius 3 is 2.87 bits per heavy atom. The fourth-order valence-corrected chi connectivity index (χ4v) is 4.76. The van der Waals surface area contributed by atoms with Crippen molar-refractivity contribution in [2.45, 2.75) is 51.0 Å². The summed E-state index contributed by atoms with van der Waals surface area (Å²) in [5, 5.41) is 9.67. The normalized spacial score (nSPS) is 15.8. The number of carbonyl (C=O) groups is 1. The number of fused-ring (bicyclic) bond motifs is 1. The molecule has 0 aliphatic carbocycles. The molecular formula is C23H26N2O4S. The summed E-state index contributed by atoms with van der Waals surface area (Å²) >= 11 is 1.54. The van der Waals surface area contributed by atoms with Crippen LogP contribution in [0.2, 0.25) is 0 Å². The Morgan fingerprint density at radius 2 is 2.13 bits per heavy atom. The Hall–Kier alpha value is -2.80. The van der Waals surface area contributed by atoms with E-state index in [2.05, 4.69) is 30.1 Å². The average molecular weight is 427 g/mol. The number of aromatic nitrogens is 2. The van der Waals surface area contributed by atoms with Crippen LogP contribution in [0.3, 0.4) is 0 Å². The molecule has 1 aliphatic heterocycles. The Morgan fingerprint density at radius 1 is 1.30 bits per heavy atom. The third kappa shape index (κ3) is 4.21. The van der Waals surface area contributed by atoms with Crippen LogP contribution in [0.1, 0.15) is 60.6 Å². The highest BCUT2D eigenvalue weighted by molar-refractivity contribution is 7.08. The number of nitrogens with one attached hydrogen (secondary N) is 2. The molecule has 1 atom stereocenters. The van der Waals surface area contributed by atoms with Gasteiger partial charge in [0.15, 0.2) is 0 Å². The van der Waals surface area contributed by atoms with E-state index in [0.29, 0.717) is 12.0 Å². The van der Waals surface area contributed by atoms with Gasteiger partial charge < -0.3 is 14.6 Å². The predicted octanol–water partition coefficient (Wildman–Crippen LogP) is 4.15. The van der Waals surface area contributed by atoms with E-state index in [4.69, 9.17) is 9.47 Å². The first-order chi connectivity index (χ1) is 14.4. The lowest BCUT2D eigenvalue weighted by atomic mass is 9.88. The summed E-state index contributed by atoms with van der Waals surface area (Å²) in [5.74, 6) is 0.237. The fourth-order valence-electron chi connectivity index (χ4n) is 4.05. The number of H-pyrrole nitrogens is 2. The molecule has 0 saturated carbocycles. The second kappa shape index (κ2) is 8.14. The van der Waals surface area contributed by atoms with Gasteiger partial charge in [0, 0.05) is 23.6 Å². The number of benzene rings is 1. The molecule has 3 aromatic rings. The molecule has 3 heterocycles. The van der Waals surface area contributed by atoms with E-state index in [1.165, 1.54) is 12.7 Å². The lowest BCUT2D eigenvalue weighted by Crippen LogP contribution is -2.32. The van der Waals surface area contributed by atoms with Gasteiger partial charge in [-0.25, -0.2) is 0 Å². The number of hydrogen-bond acceptors (Lipinski definition) is 5. The number of ether oxygens (including phenoxy) is 2. The molecule has 0 fully saturated rings. The van der Waals surface area contributed by atoms with Crippen LogP contribution in [0.4, 0.5) is 0 Å². The molecule has 1 aliphatic rings. The predicted molar refractivity (Wildman–Crippen MR) is 116 cm³/mol. The van der Waals surface area contributed by atoms with Gasteiger partial charge >= 0.3 is 5.97 Å². The maximum Gasteiger partial charge on any atom is 0.306 e. The van der Waals surface area contributed by atoms with E-state index in [1.807, 2.05) is 29.0 Å². The van der Waals surface area contributed by atoms with Crippen LogP contribution >= 0.6 is 11.3 Å². The summed E-state index contributed by atoms with van der Waals surface area (Å²) in [6.45, 7) is 4.21. The van der Waals surface area contributed by atoms with Crippen LogP contribution in [-0.4, -0.2) is 28.9 Å². The van der Waals surface area contributed by atoms with Crippen LogP contribution in [0.15, 0.2) is 39.8 Å². The summed E-state index contributed by atoms with van der Waals surface area (Å²) in [5.41, 5.74) is 4.26. The molecule has 0 radical (unpaired) electrons. The molecule has 2 N–H and O–H groups in total. The van der Waals surface area contributed by atoms with Crippen molar-refractivity contribution in [3.63, 3.8) is 0 Å². The zero-order chi connectivity index (χ0) is 21.3. The van der Waals surface area contributed by atoms with E-state index in [9.17, 15) is 9.59 Å². The molecule has 7 heteroatoms. The van der Waals surface area contributed by atoms with Gasteiger partial charge in [0.05, 0.1) is 13.5 Å². The number of thiophene rings is 1. The van der Waals surface area contributed by atoms with Crippen molar-refractivity contribution in [3.05, 3.63) is 73.3 Å². The van der Waals surface area contributed by atoms with Gasteiger partial charge in [-0.15, -0.1) is 0 Å². The molecule has 1 unspecified atom stereocenters. The average Bonchev–Trinajstić information content (AvgIpc) is 3.36. The summed E-state index contributed by atoms with van der Waals surface area (Å²) < 4.78 is 11.0. The van der Waals surface area contributed by atoms with Crippen molar-refractivity contribution in [1.29, 1.82) is 0 Å². The SMILES string of the molecule is COC(=O)CC(c1ccsc1)c1c(Cc2ccc3c(c2)CCC(C)(C)O3)[nH][nH]c1=O. The maximum atomic E-state index is 12.7. The Labute approximate surface area is 179 Å². The van der Waals surface area contributed by atoms with Gasteiger partial charge in [0.25, 0.3) is 5.56 Å². The highest BCUT2D eigenvalue weighted by Gasteiger charge is 2.28. The van der Waals surface area contributed by atoms with E-state index in [-0.39, 0.29) is 29.5 Å². The van der Waals surface area contributed by atoms with Gasteiger partial charge in [0.1, 0.15) is 11.4 Å². The third-order valence-electron chi connectivity index (χ3n) is 5.68. The van der Waals surface area contributed by atoms with Gasteiger partial charge in [-0.3, -0.25) is 14.7 Å². The van der Waals surface area contributed by atoms with Gasteiger partial charge in [-0.2, -0.15) is 11.3 Å². The monoisotopic (exact) mass is 426 g/mol. The molecular weight excluding hydrogens is 400 g/mol. The molecule has 0 amide bonds. The van der Waals surface area contributed by atoms with Crippen molar-refractivity contribution in [2.75, 3.05) is 7.11 Å². The molecule has 0 saturated heterocycles. The highest BCUT2D eigenvalue weighted by atomic mass is 32.1. The van der Waals surface area contributed by atoms with Gasteiger partial charge in [0.2, 0.25) is 0 Å². The first-order valence-electron chi connectivity index (χ1n) is 10.1. The zero-order valence-corrected chi connectivity index (χ0v) is 18.2. The minimum atomic E-state index is -0.351. The molecule has 2 aromatic heterocycles. The van der Waals surface area contributed by atoms with E-state index >= 15 is 0 Å². The van der Waals surface area contributed by atoms with Crippen LogP contribution in [0.25, 0.3) is 0 Å². The summed E-state index contributed by atoms with van der Waals surface area (Å²) in [6, 6.07) is 8.15. The van der Waals surface area contributed by atoms with Crippen LogP contribution < -0.4 is 10.3 Å². The largest absolute Gasteiger partial charge is 0.488 e. The Kier molecular flexibility index (Phi) is 5.56. The standard InChI is InChI=1S/C23H26N2O4S/c1-23(2)8-6-15-10-14(4-5-19(15)29-23)11-18-21(22(27)25-24-18)17(12-20(26)28-3)16-7-9-30-13-16/h4-5,7,9-10,13,17H,6,8,11-12H2,1-3H3,(H2,24,25,27).